The number of nitrogens with one attached hydrogen (secondary N) is 1. The third kappa shape index (κ3) is 2.83. The lowest BCUT2D eigenvalue weighted by Crippen LogP contribution is -2.40. The number of carbonyl (C=O) groups excluding carboxylic acids is 1. The van der Waals surface area contributed by atoms with Crippen LogP contribution in [0, 0.1) is 0 Å². The molecule has 1 aromatic heterocycles. The van der Waals surface area contributed by atoms with Crippen LogP contribution in [0.4, 0.5) is 0 Å². The maximum absolute atomic E-state index is 12.5. The van der Waals surface area contributed by atoms with Crippen LogP contribution in [0.2, 0.25) is 0 Å². The summed E-state index contributed by atoms with van der Waals surface area (Å²) in [4.78, 5) is 24.4. The smallest absolute Gasteiger partial charge is 0.439 e. The van der Waals surface area contributed by atoms with E-state index in [1.807, 2.05) is 6.07 Å². The Morgan fingerprint density at radius 1 is 1.08 bits per heavy atom. The van der Waals surface area contributed by atoms with E-state index in [1.165, 1.54) is 10.8 Å². The van der Waals surface area contributed by atoms with Crippen molar-refractivity contribution < 1.29 is 23.5 Å². The van der Waals surface area contributed by atoms with Crippen LogP contribution in [0.5, 0.6) is 11.5 Å². The zero-order valence-corrected chi connectivity index (χ0v) is 13.0. The highest BCUT2D eigenvalue weighted by Crippen LogP contribution is 2.32. The summed E-state index contributed by atoms with van der Waals surface area (Å²) >= 11 is 0. The molecule has 2 heterocycles. The normalized spacial score (nSPS) is 12.6. The molecule has 0 spiro atoms. The summed E-state index contributed by atoms with van der Waals surface area (Å²) in [5.74, 6) is 0.809. The Morgan fingerprint density at radius 3 is 2.72 bits per heavy atom. The fourth-order valence-corrected chi connectivity index (χ4v) is 2.51. The summed E-state index contributed by atoms with van der Waals surface area (Å²) in [6, 6.07) is 14.3. The number of H-pyrrole nitrogens is 1. The molecule has 0 fully saturated rings. The van der Waals surface area contributed by atoms with Crippen LogP contribution in [0.3, 0.4) is 0 Å². The number of nitrogens with zero attached hydrogens (tertiary/aromatic N) is 1. The van der Waals surface area contributed by atoms with Crippen molar-refractivity contribution in [3.8, 4) is 17.2 Å². The van der Waals surface area contributed by atoms with Gasteiger partial charge in [-0.05, 0) is 33.7 Å². The van der Waals surface area contributed by atoms with Crippen molar-refractivity contribution in [1.82, 2.24) is 5.27 Å². The van der Waals surface area contributed by atoms with Crippen LogP contribution in [-0.2, 0) is 0 Å². The molecule has 0 atom stereocenters. The van der Waals surface area contributed by atoms with Gasteiger partial charge < -0.3 is 9.47 Å². The van der Waals surface area contributed by atoms with Crippen LogP contribution in [0.25, 0.3) is 11.8 Å². The Labute approximate surface area is 141 Å². The molecule has 0 saturated carbocycles. The molecule has 1 aliphatic rings. The number of rotatable bonds is 4. The second-order valence-corrected chi connectivity index (χ2v) is 5.31. The SMILES string of the molecule is O=C(/C=C/c1ccc2c(c1)OCO2)c1c(=O)o[nH][n+]1-c1ccccc1. The van der Waals surface area contributed by atoms with Gasteiger partial charge in [-0.25, -0.2) is 4.79 Å². The van der Waals surface area contributed by atoms with E-state index in [2.05, 4.69) is 5.27 Å². The molecule has 124 valence electrons. The number of fused-ring (bicyclic) bond motifs is 1. The molecule has 0 aliphatic carbocycles. The van der Waals surface area contributed by atoms with Crippen molar-refractivity contribution >= 4 is 11.9 Å². The molecule has 4 rings (SSSR count). The summed E-state index contributed by atoms with van der Waals surface area (Å²) in [6.45, 7) is 0.183. The number of hydrogen-bond acceptors (Lipinski definition) is 5. The molecule has 7 heteroatoms. The molecular weight excluding hydrogens is 324 g/mol. The third-order valence-electron chi connectivity index (χ3n) is 3.72. The number of para-hydroxylation sites is 1. The summed E-state index contributed by atoms with van der Waals surface area (Å²) in [5, 5.41) is 2.44. The average Bonchev–Trinajstić information content (AvgIpc) is 3.26. The van der Waals surface area contributed by atoms with Crippen molar-refractivity contribution in [1.29, 1.82) is 0 Å². The Kier molecular flexibility index (Phi) is 3.66. The van der Waals surface area contributed by atoms with Gasteiger partial charge in [0.25, 0.3) is 5.78 Å². The molecule has 0 saturated heterocycles. The molecule has 25 heavy (non-hydrogen) atoms. The number of benzene rings is 2. The van der Waals surface area contributed by atoms with E-state index >= 15 is 0 Å². The van der Waals surface area contributed by atoms with Crippen LogP contribution in [-0.4, -0.2) is 17.8 Å². The van der Waals surface area contributed by atoms with Crippen molar-refractivity contribution in [2.24, 2.45) is 0 Å². The first-order chi connectivity index (χ1) is 12.2. The second kappa shape index (κ2) is 6.12. The van der Waals surface area contributed by atoms with Gasteiger partial charge in [0.2, 0.25) is 12.5 Å². The number of aromatic nitrogens is 2. The Bertz CT molecular complexity index is 1020. The lowest BCUT2D eigenvalue weighted by Gasteiger charge is -1.97. The van der Waals surface area contributed by atoms with Gasteiger partial charge >= 0.3 is 11.3 Å². The third-order valence-corrected chi connectivity index (χ3v) is 3.72. The number of ketones is 1. The van der Waals surface area contributed by atoms with Crippen LogP contribution < -0.4 is 19.8 Å². The quantitative estimate of drug-likeness (QED) is 0.446. The van der Waals surface area contributed by atoms with E-state index in [9.17, 15) is 9.59 Å². The zero-order chi connectivity index (χ0) is 17.2. The number of allylic oxidation sites excluding steroid dienone is 1. The first kappa shape index (κ1) is 14.9. The molecule has 2 aromatic carbocycles. The maximum atomic E-state index is 12.5. The van der Waals surface area contributed by atoms with Gasteiger partial charge in [-0.2, -0.15) is 0 Å². The number of aromatic amines is 1. The molecular formula is C18H13N2O5+. The number of ether oxygens (including phenoxy) is 2. The monoisotopic (exact) mass is 337 g/mol. The van der Waals surface area contributed by atoms with Crippen LogP contribution in [0.1, 0.15) is 16.1 Å². The lowest BCUT2D eigenvalue weighted by molar-refractivity contribution is -0.672. The Balaban J connectivity index is 1.64. The fraction of sp³-hybridized carbons (Fsp3) is 0.0556. The first-order valence-corrected chi connectivity index (χ1v) is 7.53. The standard InChI is InChI=1S/C18H12N2O5/c21-14(8-6-12-7-9-15-16(10-12)24-11-23-15)17-18(22)25-19-20(17)13-4-2-1-3-5-13/h1-10H,11H2/p+1/b8-6+. The minimum absolute atomic E-state index is 0.108. The van der Waals surface area contributed by atoms with Crippen LogP contribution >= 0.6 is 0 Å². The second-order valence-electron chi connectivity index (χ2n) is 5.31. The number of hydrogen-bond donors (Lipinski definition) is 1. The molecule has 0 radical (unpaired) electrons. The molecule has 0 bridgehead atoms. The van der Waals surface area contributed by atoms with Gasteiger partial charge in [-0.15, -0.1) is 0 Å². The topological polar surface area (TPSA) is 85.4 Å². The molecule has 1 N–H and O–H groups in total. The Hall–Kier alpha value is -3.61. The Morgan fingerprint density at radius 2 is 1.88 bits per heavy atom. The molecule has 0 amide bonds. The van der Waals surface area contributed by atoms with Gasteiger partial charge in [0.1, 0.15) is 0 Å². The predicted octanol–water partition coefficient (Wildman–Crippen LogP) is 1.87. The minimum atomic E-state index is -0.732. The molecule has 3 aromatic rings. The summed E-state index contributed by atoms with van der Waals surface area (Å²) in [6.07, 6.45) is 2.92. The molecule has 7 nitrogen and oxygen atoms in total. The molecule has 0 unspecified atom stereocenters. The summed E-state index contributed by atoms with van der Waals surface area (Å²) in [7, 11) is 0. The van der Waals surface area contributed by atoms with Crippen molar-refractivity contribution in [2.75, 3.05) is 6.79 Å². The maximum Gasteiger partial charge on any atom is 0.439 e. The minimum Gasteiger partial charge on any atom is -0.454 e. The number of carbonyl (C=O) groups is 1. The van der Waals surface area contributed by atoms with Gasteiger partial charge in [0.15, 0.2) is 11.5 Å². The van der Waals surface area contributed by atoms with Crippen molar-refractivity contribution in [3.63, 3.8) is 0 Å². The lowest BCUT2D eigenvalue weighted by atomic mass is 10.1. The van der Waals surface area contributed by atoms with Crippen LogP contribution in [0.15, 0.2) is 63.9 Å². The molecule has 1 aliphatic heterocycles. The van der Waals surface area contributed by atoms with E-state index in [0.29, 0.717) is 17.2 Å². The van der Waals surface area contributed by atoms with Crippen molar-refractivity contribution in [2.45, 2.75) is 0 Å². The largest absolute Gasteiger partial charge is 0.454 e. The van der Waals surface area contributed by atoms with Gasteiger partial charge in [0.05, 0.1) is 0 Å². The first-order valence-electron chi connectivity index (χ1n) is 7.53. The van der Waals surface area contributed by atoms with Gasteiger partial charge in [-0.3, -0.25) is 9.32 Å². The average molecular weight is 337 g/mol. The predicted molar refractivity (Wildman–Crippen MR) is 86.8 cm³/mol. The summed E-state index contributed by atoms with van der Waals surface area (Å²) < 4.78 is 16.6. The van der Waals surface area contributed by atoms with E-state index in [-0.39, 0.29) is 12.5 Å². The highest BCUT2D eigenvalue weighted by molar-refractivity contribution is 6.04. The van der Waals surface area contributed by atoms with Crippen molar-refractivity contribution in [3.05, 3.63) is 76.3 Å². The fourth-order valence-electron chi connectivity index (χ4n) is 2.51. The highest BCUT2D eigenvalue weighted by atomic mass is 16.7. The van der Waals surface area contributed by atoms with E-state index in [0.717, 1.165) is 5.56 Å². The van der Waals surface area contributed by atoms with E-state index in [1.54, 1.807) is 48.5 Å². The highest BCUT2D eigenvalue weighted by Gasteiger charge is 2.28. The van der Waals surface area contributed by atoms with Gasteiger partial charge in [0, 0.05) is 12.1 Å². The summed E-state index contributed by atoms with van der Waals surface area (Å²) in [5.41, 5.74) is 0.532. The van der Waals surface area contributed by atoms with E-state index < -0.39 is 11.4 Å². The van der Waals surface area contributed by atoms with Gasteiger partial charge in [-0.1, -0.05) is 30.3 Å². The zero-order valence-electron chi connectivity index (χ0n) is 13.0. The van der Waals surface area contributed by atoms with E-state index in [4.69, 9.17) is 14.0 Å².